The van der Waals surface area contributed by atoms with E-state index in [0.717, 1.165) is 163 Å². The number of hydrogen-bond acceptors (Lipinski definition) is 12. The molecule has 2 unspecified atom stereocenters. The molecule has 68 heavy (non-hydrogen) atoms. The van der Waals surface area contributed by atoms with Gasteiger partial charge in [-0.1, -0.05) is 6.92 Å². The Morgan fingerprint density at radius 3 is 1.94 bits per heavy atom. The van der Waals surface area contributed by atoms with Crippen LogP contribution in [0.25, 0.3) is 11.2 Å². The number of aromatic nitrogens is 2. The number of nitrogens with zero attached hydrogens (tertiary/aromatic N) is 8. The number of rotatable bonds is 9. The monoisotopic (exact) mass is 932 g/mol. The SMILES string of the molecule is CCc1nn2c(c1C(N)=O)NCCC2C1CCN(CC2CCN(C(=O)N3CCN(CC4CCN(c5ccc6c(c5)C(=O)N(C5CCC(=O)NC5=O)C6=O)CC4)CC3)CC2)CC1.c1cc2ccc1o2. The molecule has 2 bridgehead atoms. The molecular weight excluding hydrogens is 867 g/mol. The van der Waals surface area contributed by atoms with Gasteiger partial charge in [-0.25, -0.2) is 9.48 Å². The molecule has 2 atom stereocenters. The molecule has 0 saturated carbocycles. The van der Waals surface area contributed by atoms with E-state index in [2.05, 4.69) is 34.9 Å². The first kappa shape index (κ1) is 45.8. The van der Waals surface area contributed by atoms with Gasteiger partial charge in [-0.3, -0.25) is 39.1 Å². The molecule has 7 aliphatic rings. The number of furan rings is 2. The van der Waals surface area contributed by atoms with E-state index in [1.165, 1.54) is 0 Å². The van der Waals surface area contributed by atoms with Gasteiger partial charge in [0, 0.05) is 84.1 Å². The second-order valence-electron chi connectivity index (χ2n) is 19.9. The smallest absolute Gasteiger partial charge is 0.320 e. The Balaban J connectivity index is 0.000000699. The van der Waals surface area contributed by atoms with Gasteiger partial charge in [0.05, 0.1) is 22.9 Å². The summed E-state index contributed by atoms with van der Waals surface area (Å²) in [5.74, 6) is 0.134. The number of carbonyl (C=O) groups excluding carboxylic acids is 6. The van der Waals surface area contributed by atoms with Crippen LogP contribution in [0.2, 0.25) is 0 Å². The van der Waals surface area contributed by atoms with Gasteiger partial charge >= 0.3 is 6.03 Å². The van der Waals surface area contributed by atoms with Gasteiger partial charge in [0.1, 0.15) is 28.6 Å². The van der Waals surface area contributed by atoms with Gasteiger partial charge in [-0.2, -0.15) is 5.10 Å². The Labute approximate surface area is 396 Å². The average Bonchev–Trinajstić information content (AvgIpc) is 4.16. The summed E-state index contributed by atoms with van der Waals surface area (Å²) in [6.07, 6.45) is 8.30. The number of likely N-dealkylation sites (tertiary alicyclic amines) is 2. The quantitative estimate of drug-likeness (QED) is 0.202. The molecule has 5 fully saturated rings. The summed E-state index contributed by atoms with van der Waals surface area (Å²) >= 11 is 0. The molecule has 0 spiro atoms. The van der Waals surface area contributed by atoms with Crippen LogP contribution in [-0.2, 0) is 16.0 Å². The van der Waals surface area contributed by atoms with Crippen LogP contribution in [0, 0.1) is 17.8 Å². The van der Waals surface area contributed by atoms with Crippen molar-refractivity contribution >= 4 is 58.2 Å². The fourth-order valence-electron chi connectivity index (χ4n) is 11.9. The van der Waals surface area contributed by atoms with Crippen LogP contribution >= 0.6 is 0 Å². The Morgan fingerprint density at radius 1 is 0.721 bits per heavy atom. The molecule has 1 aromatic carbocycles. The van der Waals surface area contributed by atoms with Crippen LogP contribution in [-0.4, -0.2) is 161 Å². The maximum atomic E-state index is 13.6. The molecule has 7 amide bonds. The van der Waals surface area contributed by atoms with E-state index in [1.54, 1.807) is 12.1 Å². The number of aryl methyl sites for hydroxylation is 1. The highest BCUT2D eigenvalue weighted by Gasteiger charge is 2.45. The van der Waals surface area contributed by atoms with Crippen LogP contribution in [0.5, 0.6) is 0 Å². The minimum atomic E-state index is -0.969. The van der Waals surface area contributed by atoms with Gasteiger partial charge in [0.25, 0.3) is 17.7 Å². The van der Waals surface area contributed by atoms with E-state index in [4.69, 9.17) is 15.2 Å². The van der Waals surface area contributed by atoms with Crippen molar-refractivity contribution in [3.05, 3.63) is 64.8 Å². The number of nitrogens with two attached hydrogens (primary N) is 1. The van der Waals surface area contributed by atoms with Crippen molar-refractivity contribution < 1.29 is 33.2 Å². The van der Waals surface area contributed by atoms with Crippen molar-refractivity contribution in [3.8, 4) is 0 Å². The molecule has 0 aliphatic carbocycles. The molecule has 0 radical (unpaired) electrons. The zero-order valence-corrected chi connectivity index (χ0v) is 39.2. The minimum absolute atomic E-state index is 0.0957. The minimum Gasteiger partial charge on any atom is -0.457 e. The van der Waals surface area contributed by atoms with Crippen molar-refractivity contribution in [1.82, 2.24) is 39.6 Å². The van der Waals surface area contributed by atoms with E-state index in [0.29, 0.717) is 46.9 Å². The van der Waals surface area contributed by atoms with Crippen LogP contribution in [0.1, 0.15) is 108 Å². The molecule has 4 aromatic rings. The van der Waals surface area contributed by atoms with Gasteiger partial charge < -0.3 is 35.1 Å². The largest absolute Gasteiger partial charge is 0.457 e. The van der Waals surface area contributed by atoms with Gasteiger partial charge in [0.2, 0.25) is 11.8 Å². The number of primary amides is 1. The number of nitrogens with one attached hydrogen (secondary N) is 2. The standard InChI is InChI=1S/C44H61N11O6.C6H4O/c1-2-34-38(39(45)57)40-46-14-7-35(55(40)48-34)30-12-15-49(16-13-30)26-29-10-19-52(20-11-29)44(61)53-23-21-50(22-24-53)27-28-8-17-51(18-9-28)31-3-4-32-33(25-31)43(60)54(42(32)59)36-5-6-37(56)47-41(36)58;1-2-6-4-3-5(1)7-6/h3-4,25,28-30,35-36,46H,2,5-24,26-27H2,1H3,(H2,45,57)(H,47,56,58);1-4H. The third-order valence-electron chi connectivity index (χ3n) is 15.8. The van der Waals surface area contributed by atoms with E-state index < -0.39 is 29.7 Å². The van der Waals surface area contributed by atoms with Crippen LogP contribution in [0.4, 0.5) is 16.3 Å². The Morgan fingerprint density at radius 2 is 1.34 bits per heavy atom. The third kappa shape index (κ3) is 9.28. The number of hydrogen-bond donors (Lipinski definition) is 3. The fraction of sp³-hybridized carbons (Fsp3) is 0.580. The number of amides is 7. The van der Waals surface area contributed by atoms with Crippen molar-refractivity contribution in [2.45, 2.75) is 83.2 Å². The molecule has 362 valence electrons. The highest BCUT2D eigenvalue weighted by atomic mass is 16.3. The average molecular weight is 932 g/mol. The van der Waals surface area contributed by atoms with Gasteiger partial charge in [-0.05, 0) is 131 Å². The first-order valence-electron chi connectivity index (χ1n) is 25.0. The predicted octanol–water partition coefficient (Wildman–Crippen LogP) is 4.25. The molecule has 10 heterocycles. The molecule has 4 N–H and O–H groups in total. The number of urea groups is 1. The Hall–Kier alpha value is -6.01. The van der Waals surface area contributed by atoms with Gasteiger partial charge in [0.15, 0.2) is 0 Å². The second kappa shape index (κ2) is 19.5. The lowest BCUT2D eigenvalue weighted by atomic mass is 9.86. The molecule has 11 rings (SSSR count). The second-order valence-corrected chi connectivity index (χ2v) is 19.9. The van der Waals surface area contributed by atoms with Crippen molar-refractivity contribution in [2.75, 3.05) is 95.3 Å². The number of benzene rings is 2. The lowest BCUT2D eigenvalue weighted by Gasteiger charge is -2.42. The molecular formula is C50H65N11O7. The number of anilines is 2. The number of fused-ring (bicyclic) bond motifs is 4. The van der Waals surface area contributed by atoms with E-state index in [-0.39, 0.29) is 24.8 Å². The summed E-state index contributed by atoms with van der Waals surface area (Å²) in [4.78, 5) is 89.0. The van der Waals surface area contributed by atoms with Crippen molar-refractivity contribution in [2.24, 2.45) is 23.5 Å². The van der Waals surface area contributed by atoms with Crippen LogP contribution in [0.3, 0.4) is 0 Å². The molecule has 3 aromatic heterocycles. The summed E-state index contributed by atoms with van der Waals surface area (Å²) in [6, 6.07) is 12.7. The number of carbonyl (C=O) groups is 6. The highest BCUT2D eigenvalue weighted by molar-refractivity contribution is 6.23. The third-order valence-corrected chi connectivity index (χ3v) is 15.8. The molecule has 7 aliphatic heterocycles. The summed E-state index contributed by atoms with van der Waals surface area (Å²) in [5.41, 5.74) is 10.5. The summed E-state index contributed by atoms with van der Waals surface area (Å²) in [6.45, 7) is 13.7. The molecule has 18 heteroatoms. The lowest BCUT2D eigenvalue weighted by molar-refractivity contribution is -0.136. The topological polar surface area (TPSA) is 203 Å². The maximum Gasteiger partial charge on any atom is 0.320 e. The Kier molecular flexibility index (Phi) is 13.1. The zero-order valence-electron chi connectivity index (χ0n) is 39.2. The molecule has 5 saturated heterocycles. The van der Waals surface area contributed by atoms with E-state index in [9.17, 15) is 28.8 Å². The number of piperidine rings is 4. The fourth-order valence-corrected chi connectivity index (χ4v) is 11.9. The highest BCUT2D eigenvalue weighted by Crippen LogP contribution is 2.38. The lowest BCUT2D eigenvalue weighted by Crippen LogP contribution is -2.55. The number of imide groups is 2. The van der Waals surface area contributed by atoms with Crippen molar-refractivity contribution in [1.29, 1.82) is 0 Å². The van der Waals surface area contributed by atoms with Crippen molar-refractivity contribution in [3.63, 3.8) is 0 Å². The van der Waals surface area contributed by atoms with Gasteiger partial charge in [-0.15, -0.1) is 0 Å². The summed E-state index contributed by atoms with van der Waals surface area (Å²) < 4.78 is 7.15. The first-order valence-corrected chi connectivity index (χ1v) is 25.0. The zero-order chi connectivity index (χ0) is 47.1. The first-order chi connectivity index (χ1) is 33.0. The van der Waals surface area contributed by atoms with E-state index >= 15 is 0 Å². The van der Waals surface area contributed by atoms with Crippen LogP contribution < -0.4 is 21.3 Å². The summed E-state index contributed by atoms with van der Waals surface area (Å²) in [5, 5.41) is 10.5. The normalized spacial score (nSPS) is 23.7. The van der Waals surface area contributed by atoms with Crippen LogP contribution in [0.15, 0.2) is 46.9 Å². The predicted molar refractivity (Wildman–Crippen MR) is 255 cm³/mol. The number of piperazine rings is 1. The van der Waals surface area contributed by atoms with E-state index in [1.807, 2.05) is 42.2 Å². The Bertz CT molecular complexity index is 2460. The maximum absolute atomic E-state index is 13.6. The molecule has 18 nitrogen and oxygen atoms in total. The summed E-state index contributed by atoms with van der Waals surface area (Å²) in [7, 11) is 0.